The average molecular weight is 368 g/mol. The van der Waals surface area contributed by atoms with E-state index in [4.69, 9.17) is 0 Å². The van der Waals surface area contributed by atoms with Crippen LogP contribution in [-0.2, 0) is 15.4 Å². The molecule has 0 aromatic heterocycles. The summed E-state index contributed by atoms with van der Waals surface area (Å²) in [5, 5.41) is 0.709. The van der Waals surface area contributed by atoms with E-state index in [1.165, 1.54) is 0 Å². The smallest absolute Gasteiger partial charge is 0.207 e. The van der Waals surface area contributed by atoms with E-state index < -0.39 is 10.0 Å². The number of sulfonamides is 1. The lowest BCUT2D eigenvalue weighted by Crippen LogP contribution is -2.26. The Morgan fingerprint density at radius 1 is 1.05 bits per heavy atom. The lowest BCUT2D eigenvalue weighted by atomic mass is 10.1. The van der Waals surface area contributed by atoms with Crippen LogP contribution < -0.4 is 4.72 Å². The van der Waals surface area contributed by atoms with Crippen molar-refractivity contribution < 1.29 is 8.42 Å². The fraction of sp³-hybridized carbons (Fsp3) is 0.250. The Bertz CT molecular complexity index is 694. The molecule has 112 valence electrons. The second-order valence-corrected chi connectivity index (χ2v) is 7.31. The largest absolute Gasteiger partial charge is 0.241 e. The number of halogens is 1. The fourth-order valence-electron chi connectivity index (χ4n) is 1.98. The van der Waals surface area contributed by atoms with Gasteiger partial charge >= 0.3 is 0 Å². The van der Waals surface area contributed by atoms with Crippen molar-refractivity contribution >= 4 is 26.0 Å². The van der Waals surface area contributed by atoms with E-state index in [2.05, 4.69) is 20.7 Å². The summed E-state index contributed by atoms with van der Waals surface area (Å²) in [5.41, 5.74) is 3.14. The van der Waals surface area contributed by atoms with Crippen molar-refractivity contribution in [3.8, 4) is 0 Å². The van der Waals surface area contributed by atoms with Crippen molar-refractivity contribution in [1.29, 1.82) is 0 Å². The normalized spacial score (nSPS) is 13.1. The van der Waals surface area contributed by atoms with Crippen LogP contribution in [0.4, 0.5) is 0 Å². The quantitative estimate of drug-likeness (QED) is 0.813. The summed E-state index contributed by atoms with van der Waals surface area (Å²) in [5.74, 6) is 0. The molecule has 2 aromatic rings. The van der Waals surface area contributed by atoms with Gasteiger partial charge < -0.3 is 0 Å². The van der Waals surface area contributed by atoms with Gasteiger partial charge in [0.05, 0.1) is 4.90 Å². The van der Waals surface area contributed by atoms with Crippen molar-refractivity contribution in [3.05, 3.63) is 65.2 Å². The highest BCUT2D eigenvalue weighted by Crippen LogP contribution is 2.18. The van der Waals surface area contributed by atoms with Crippen LogP contribution in [0, 0.1) is 6.92 Å². The van der Waals surface area contributed by atoms with Crippen molar-refractivity contribution in [2.24, 2.45) is 0 Å². The molecule has 0 fully saturated rings. The van der Waals surface area contributed by atoms with Crippen molar-refractivity contribution in [2.75, 3.05) is 0 Å². The number of nitrogens with one attached hydrogen (secondary N) is 1. The van der Waals surface area contributed by atoms with Gasteiger partial charge in [-0.1, -0.05) is 57.9 Å². The van der Waals surface area contributed by atoms with E-state index in [0.717, 1.165) is 16.7 Å². The van der Waals surface area contributed by atoms with Crippen LogP contribution in [0.1, 0.15) is 29.7 Å². The molecule has 0 aliphatic heterocycles. The Morgan fingerprint density at radius 2 is 1.62 bits per heavy atom. The van der Waals surface area contributed by atoms with Gasteiger partial charge in [-0.15, -0.1) is 0 Å². The minimum absolute atomic E-state index is 0.272. The molecule has 0 heterocycles. The van der Waals surface area contributed by atoms with Gasteiger partial charge in [-0.25, -0.2) is 13.1 Å². The summed E-state index contributed by atoms with van der Waals surface area (Å²) < 4.78 is 27.4. The summed E-state index contributed by atoms with van der Waals surface area (Å²) in [6.45, 7) is 3.85. The van der Waals surface area contributed by atoms with Crippen LogP contribution in [-0.4, -0.2) is 8.42 Å². The molecular formula is C16H18BrNO2S. The van der Waals surface area contributed by atoms with E-state index in [0.29, 0.717) is 5.33 Å². The summed E-state index contributed by atoms with van der Waals surface area (Å²) in [6, 6.07) is 14.4. The summed E-state index contributed by atoms with van der Waals surface area (Å²) >= 11 is 3.34. The first-order chi connectivity index (χ1) is 9.92. The predicted molar refractivity (Wildman–Crippen MR) is 89.0 cm³/mol. The molecule has 0 bridgehead atoms. The standard InChI is InChI=1S/C16H18BrNO2S/c1-12-3-7-15(8-4-12)13(2)18-21(19,20)16-9-5-14(11-17)6-10-16/h3-10,13,18H,11H2,1-2H3/t13-/m0/s1. The monoisotopic (exact) mass is 367 g/mol. The number of alkyl halides is 1. The number of rotatable bonds is 5. The summed E-state index contributed by atoms with van der Waals surface area (Å²) in [4.78, 5) is 0.283. The van der Waals surface area contributed by atoms with Crippen LogP contribution in [0.5, 0.6) is 0 Å². The molecule has 0 saturated carbocycles. The van der Waals surface area contributed by atoms with Gasteiger partial charge in [0.1, 0.15) is 0 Å². The highest BCUT2D eigenvalue weighted by molar-refractivity contribution is 9.08. The number of aryl methyl sites for hydroxylation is 1. The topological polar surface area (TPSA) is 46.2 Å². The van der Waals surface area contributed by atoms with Crippen LogP contribution >= 0.6 is 15.9 Å². The number of hydrogen-bond donors (Lipinski definition) is 1. The fourth-order valence-corrected chi connectivity index (χ4v) is 3.59. The SMILES string of the molecule is Cc1ccc([C@H](C)NS(=O)(=O)c2ccc(CBr)cc2)cc1. The lowest BCUT2D eigenvalue weighted by Gasteiger charge is -2.15. The maximum absolute atomic E-state index is 12.4. The first kappa shape index (κ1) is 16.2. The van der Waals surface area contributed by atoms with E-state index in [1.54, 1.807) is 24.3 Å². The molecule has 0 unspecified atom stereocenters. The van der Waals surface area contributed by atoms with E-state index >= 15 is 0 Å². The second-order valence-electron chi connectivity index (χ2n) is 5.03. The van der Waals surface area contributed by atoms with E-state index in [1.807, 2.05) is 38.1 Å². The lowest BCUT2D eigenvalue weighted by molar-refractivity contribution is 0.567. The third kappa shape index (κ3) is 4.15. The number of benzene rings is 2. The molecule has 0 spiro atoms. The summed E-state index contributed by atoms with van der Waals surface area (Å²) in [7, 11) is -3.51. The molecule has 2 rings (SSSR count). The third-order valence-corrected chi connectivity index (χ3v) is 5.50. The molecule has 1 atom stereocenters. The van der Waals surface area contributed by atoms with Gasteiger partial charge in [0.2, 0.25) is 10.0 Å². The molecule has 21 heavy (non-hydrogen) atoms. The minimum atomic E-state index is -3.51. The van der Waals surface area contributed by atoms with Crippen LogP contribution in [0.3, 0.4) is 0 Å². The first-order valence-corrected chi connectivity index (χ1v) is 9.26. The Balaban J connectivity index is 2.17. The van der Waals surface area contributed by atoms with Crippen molar-refractivity contribution in [1.82, 2.24) is 4.72 Å². The molecule has 1 N–H and O–H groups in total. The van der Waals surface area contributed by atoms with Gasteiger partial charge in [0.15, 0.2) is 0 Å². The second kappa shape index (κ2) is 6.73. The molecular weight excluding hydrogens is 350 g/mol. The van der Waals surface area contributed by atoms with Gasteiger partial charge in [-0.2, -0.15) is 0 Å². The number of hydrogen-bond acceptors (Lipinski definition) is 2. The average Bonchev–Trinajstić information content (AvgIpc) is 2.47. The molecule has 2 aromatic carbocycles. The van der Waals surface area contributed by atoms with Gasteiger partial charge in [-0.05, 0) is 37.1 Å². The minimum Gasteiger partial charge on any atom is -0.207 e. The molecule has 0 aliphatic carbocycles. The van der Waals surface area contributed by atoms with E-state index in [-0.39, 0.29) is 10.9 Å². The van der Waals surface area contributed by atoms with Crippen molar-refractivity contribution in [3.63, 3.8) is 0 Å². The summed E-state index contributed by atoms with van der Waals surface area (Å²) in [6.07, 6.45) is 0. The molecule has 0 amide bonds. The third-order valence-electron chi connectivity index (χ3n) is 3.30. The molecule has 5 heteroatoms. The maximum Gasteiger partial charge on any atom is 0.241 e. The molecule has 0 radical (unpaired) electrons. The Hall–Kier alpha value is -1.17. The van der Waals surface area contributed by atoms with Gasteiger partial charge in [-0.3, -0.25) is 0 Å². The zero-order chi connectivity index (χ0) is 15.5. The molecule has 0 saturated heterocycles. The van der Waals surface area contributed by atoms with Crippen LogP contribution in [0.15, 0.2) is 53.4 Å². The Labute approximate surface area is 134 Å². The van der Waals surface area contributed by atoms with Crippen LogP contribution in [0.25, 0.3) is 0 Å². The predicted octanol–water partition coefficient (Wildman–Crippen LogP) is 3.93. The molecule has 3 nitrogen and oxygen atoms in total. The Kier molecular flexibility index (Phi) is 5.19. The van der Waals surface area contributed by atoms with E-state index in [9.17, 15) is 8.42 Å². The van der Waals surface area contributed by atoms with Gasteiger partial charge in [0.25, 0.3) is 0 Å². The first-order valence-electron chi connectivity index (χ1n) is 6.66. The van der Waals surface area contributed by atoms with Gasteiger partial charge in [0, 0.05) is 11.4 Å². The molecule has 0 aliphatic rings. The maximum atomic E-state index is 12.4. The van der Waals surface area contributed by atoms with Crippen LogP contribution in [0.2, 0.25) is 0 Å². The zero-order valence-corrected chi connectivity index (χ0v) is 14.4. The Morgan fingerprint density at radius 3 is 2.14 bits per heavy atom. The van der Waals surface area contributed by atoms with Crippen molar-refractivity contribution in [2.45, 2.75) is 30.1 Å². The highest BCUT2D eigenvalue weighted by atomic mass is 79.9. The highest BCUT2D eigenvalue weighted by Gasteiger charge is 2.18. The zero-order valence-electron chi connectivity index (χ0n) is 12.0.